The van der Waals surface area contributed by atoms with E-state index < -0.39 is 29.0 Å². The Morgan fingerprint density at radius 1 is 0.812 bits per heavy atom. The Morgan fingerprint density at radius 2 is 1.28 bits per heavy atom. The van der Waals surface area contributed by atoms with Gasteiger partial charge >= 0.3 is 7.82 Å². The van der Waals surface area contributed by atoms with Crippen molar-refractivity contribution < 1.29 is 27.4 Å². The van der Waals surface area contributed by atoms with E-state index in [0.29, 0.717) is 3.57 Å². The Morgan fingerprint density at radius 3 is 1.75 bits per heavy atom. The Labute approximate surface area is 204 Å². The molecule has 1 aromatic carbocycles. The molecular formula is C24H42IO6P. The van der Waals surface area contributed by atoms with Crippen molar-refractivity contribution in [2.45, 2.75) is 103 Å². The summed E-state index contributed by atoms with van der Waals surface area (Å²) in [6.07, 6.45) is 24.3. The predicted molar refractivity (Wildman–Crippen MR) is 139 cm³/mol. The molecule has 4 N–H and O–H groups in total. The van der Waals surface area contributed by atoms with Crippen LogP contribution in [0.3, 0.4) is 0 Å². The summed E-state index contributed by atoms with van der Waals surface area (Å²) in [7, 11) is -4.64. The first-order valence-electron chi connectivity index (χ1n) is 11.8. The molecule has 0 saturated carbocycles. The molecule has 6 nitrogen and oxygen atoms in total. The van der Waals surface area contributed by atoms with Crippen LogP contribution in [0.4, 0.5) is 0 Å². The van der Waals surface area contributed by atoms with E-state index in [1.54, 1.807) is 6.07 Å². The van der Waals surface area contributed by atoms with Crippen LogP contribution in [0.5, 0.6) is 5.75 Å². The number of phenolic OH excluding ortho intramolecular Hbond substituents is 1. The highest BCUT2D eigenvalue weighted by Crippen LogP contribution is 2.26. The van der Waals surface area contributed by atoms with E-state index in [2.05, 4.69) is 19.1 Å². The zero-order valence-corrected chi connectivity index (χ0v) is 22.5. The van der Waals surface area contributed by atoms with Crippen LogP contribution in [-0.2, 0) is 14.1 Å². The van der Waals surface area contributed by atoms with Gasteiger partial charge in [-0.15, -0.1) is 0 Å². The van der Waals surface area contributed by atoms with Crippen LogP contribution in [0.15, 0.2) is 30.4 Å². The molecule has 0 unspecified atom stereocenters. The number of hydrogen-bond donors (Lipinski definition) is 4. The largest absolute Gasteiger partial charge is 0.507 e. The second-order valence-electron chi connectivity index (χ2n) is 8.06. The molecule has 186 valence electrons. The molecule has 0 amide bonds. The number of unbranched alkanes of at least 4 members (excludes halogenated alkanes) is 12. The van der Waals surface area contributed by atoms with Crippen LogP contribution in [0.1, 0.15) is 102 Å². The number of aromatic hydroxyl groups is 1. The molecule has 32 heavy (non-hydrogen) atoms. The summed E-state index contributed by atoms with van der Waals surface area (Å²) in [6, 6.07) is 5.59. The number of phosphoric acid groups is 1. The number of halogens is 1. The Balaban J connectivity index is 0.00000172. The molecule has 0 atom stereocenters. The van der Waals surface area contributed by atoms with Crippen molar-refractivity contribution in [3.05, 3.63) is 39.5 Å². The first-order valence-corrected chi connectivity index (χ1v) is 15.3. The summed E-state index contributed by atoms with van der Waals surface area (Å²) in [6.45, 7) is 2.28. The second-order valence-corrected chi connectivity index (χ2v) is 10.7. The Hall–Kier alpha value is -0.600. The highest BCUT2D eigenvalue weighted by molar-refractivity contribution is 14.1. The Kier molecular flexibility index (Phi) is 20.6. The molecule has 0 aliphatic rings. The summed E-state index contributed by atoms with van der Waals surface area (Å²) in [5.74, 6) is 0.205. The molecule has 0 spiro atoms. The number of phenols is 1. The monoisotopic (exact) mass is 584 g/mol. The average Bonchev–Trinajstić information content (AvgIpc) is 2.72. The van der Waals surface area contributed by atoms with Crippen LogP contribution >= 0.6 is 29.0 Å². The third-order valence-electron chi connectivity index (χ3n) is 5.07. The number of aryl methyl sites for hydroxylation is 1. The standard InChI is InChI=1S/C24H39IO2.H3O4P/c1-2-3-4-5-6-7-8-9-10-11-12-13-14-15-16-17-18-22-19-20-23(25-27)24(26)21-22;1-5(2,3)4/h11-12,19-21,26H,2-10,13-18H2,1H3;(H3,1,2,3,4). The number of rotatable bonds is 17. The van der Waals surface area contributed by atoms with Crippen LogP contribution in [0.2, 0.25) is 0 Å². The minimum absolute atomic E-state index is 0.205. The van der Waals surface area contributed by atoms with Gasteiger partial charge in [-0.3, -0.25) is 3.07 Å². The van der Waals surface area contributed by atoms with Gasteiger partial charge in [-0.25, -0.2) is 4.57 Å². The van der Waals surface area contributed by atoms with Gasteiger partial charge < -0.3 is 19.8 Å². The van der Waals surface area contributed by atoms with Gasteiger partial charge in [-0.05, 0) is 56.2 Å². The molecule has 1 rings (SSSR count). The summed E-state index contributed by atoms with van der Waals surface area (Å²) in [5, 5.41) is 9.75. The molecule has 0 bridgehead atoms. The number of benzene rings is 1. The summed E-state index contributed by atoms with van der Waals surface area (Å²) in [4.78, 5) is 21.6. The van der Waals surface area contributed by atoms with E-state index in [1.165, 1.54) is 83.5 Å². The average molecular weight is 584 g/mol. The summed E-state index contributed by atoms with van der Waals surface area (Å²) in [5.41, 5.74) is 1.15. The van der Waals surface area contributed by atoms with E-state index in [0.717, 1.165) is 18.4 Å². The maximum atomic E-state index is 10.9. The van der Waals surface area contributed by atoms with Gasteiger partial charge in [0.05, 0.1) is 3.57 Å². The van der Waals surface area contributed by atoms with E-state index >= 15 is 0 Å². The van der Waals surface area contributed by atoms with Gasteiger partial charge in [0.25, 0.3) is 0 Å². The first-order chi connectivity index (χ1) is 15.3. The smallest absolute Gasteiger partial charge is 0.466 e. The zero-order valence-electron chi connectivity index (χ0n) is 19.4. The molecular weight excluding hydrogens is 542 g/mol. The normalized spacial score (nSPS) is 11.5. The molecule has 0 saturated heterocycles. The molecule has 0 aliphatic carbocycles. The fourth-order valence-electron chi connectivity index (χ4n) is 3.36. The molecule has 0 aromatic heterocycles. The van der Waals surface area contributed by atoms with Gasteiger partial charge in [0.15, 0.2) is 21.2 Å². The SMILES string of the molecule is CCCCCCCCCCC=CCCCCCCc1ccc(I=O)c(O)c1.O=P(O)(O)O. The van der Waals surface area contributed by atoms with Gasteiger partial charge in [-0.2, -0.15) is 0 Å². The van der Waals surface area contributed by atoms with Crippen LogP contribution in [-0.4, -0.2) is 19.8 Å². The molecule has 0 aliphatic heterocycles. The third kappa shape index (κ3) is 22.6. The third-order valence-corrected chi connectivity index (χ3v) is 6.46. The highest BCUT2D eigenvalue weighted by Gasteiger charge is 2.02. The Bertz CT molecular complexity index is 666. The summed E-state index contributed by atoms with van der Waals surface area (Å²) >= 11 is -1.27. The lowest BCUT2D eigenvalue weighted by molar-refractivity contribution is 0.275. The molecule has 0 heterocycles. The molecule has 0 radical (unpaired) electrons. The maximum absolute atomic E-state index is 10.9. The van der Waals surface area contributed by atoms with Crippen LogP contribution < -0.4 is 0 Å². The zero-order chi connectivity index (χ0) is 24.1. The lowest BCUT2D eigenvalue weighted by atomic mass is 10.0. The lowest BCUT2D eigenvalue weighted by Crippen LogP contribution is -1.87. The first kappa shape index (κ1) is 31.4. The number of allylic oxidation sites excluding steroid dienone is 2. The fraction of sp³-hybridized carbons (Fsp3) is 0.667. The van der Waals surface area contributed by atoms with Crippen molar-refractivity contribution in [2.24, 2.45) is 0 Å². The van der Waals surface area contributed by atoms with Crippen molar-refractivity contribution in [3.8, 4) is 5.75 Å². The van der Waals surface area contributed by atoms with Gasteiger partial charge in [0.1, 0.15) is 5.75 Å². The van der Waals surface area contributed by atoms with Crippen molar-refractivity contribution in [1.29, 1.82) is 0 Å². The minimum atomic E-state index is -4.64. The van der Waals surface area contributed by atoms with E-state index in [9.17, 15) is 8.18 Å². The maximum Gasteiger partial charge on any atom is 0.466 e. The molecule has 1 aromatic rings. The van der Waals surface area contributed by atoms with Crippen LogP contribution in [0, 0.1) is 3.57 Å². The molecule has 8 heteroatoms. The van der Waals surface area contributed by atoms with Gasteiger partial charge in [0.2, 0.25) is 0 Å². The quantitative estimate of drug-likeness (QED) is 0.0652. The lowest BCUT2D eigenvalue weighted by Gasteiger charge is -2.03. The number of hydrogen-bond acceptors (Lipinski definition) is 3. The minimum Gasteiger partial charge on any atom is -0.507 e. The van der Waals surface area contributed by atoms with Crippen LogP contribution in [0.25, 0.3) is 0 Å². The van der Waals surface area contributed by atoms with Crippen molar-refractivity contribution >= 4 is 29.0 Å². The molecule has 0 fully saturated rings. The van der Waals surface area contributed by atoms with E-state index in [4.69, 9.17) is 19.2 Å². The van der Waals surface area contributed by atoms with Crippen molar-refractivity contribution in [2.75, 3.05) is 0 Å². The summed E-state index contributed by atoms with van der Waals surface area (Å²) < 4.78 is 20.4. The van der Waals surface area contributed by atoms with Crippen molar-refractivity contribution in [1.82, 2.24) is 0 Å². The van der Waals surface area contributed by atoms with E-state index in [1.807, 2.05) is 12.1 Å². The van der Waals surface area contributed by atoms with Gasteiger partial charge in [-0.1, -0.05) is 82.9 Å². The topological polar surface area (TPSA) is 115 Å². The van der Waals surface area contributed by atoms with E-state index in [-0.39, 0.29) is 5.75 Å². The van der Waals surface area contributed by atoms with Crippen molar-refractivity contribution in [3.63, 3.8) is 0 Å². The highest BCUT2D eigenvalue weighted by atomic mass is 127. The fourth-order valence-corrected chi connectivity index (χ4v) is 4.06. The predicted octanol–water partition coefficient (Wildman–Crippen LogP) is 7.53. The second kappa shape index (κ2) is 21.0. The van der Waals surface area contributed by atoms with Gasteiger partial charge in [0, 0.05) is 0 Å².